The Morgan fingerprint density at radius 3 is 2.82 bits per heavy atom. The first-order valence-electron chi connectivity index (χ1n) is 3.03. The lowest BCUT2D eigenvalue weighted by Gasteiger charge is -2.01. The van der Waals surface area contributed by atoms with E-state index in [0.717, 1.165) is 5.69 Å². The van der Waals surface area contributed by atoms with Crippen molar-refractivity contribution in [2.45, 2.75) is 5.33 Å². The standard InChI is InChI=1S/C7H7BrClNO/c1-11-6-3-2-5(4-8)10-7(6)9/h2-3H,4H2,1H3. The van der Waals surface area contributed by atoms with Crippen molar-refractivity contribution in [2.75, 3.05) is 7.11 Å². The number of rotatable bonds is 2. The van der Waals surface area contributed by atoms with Crippen molar-refractivity contribution in [3.05, 3.63) is 23.0 Å². The first-order valence-corrected chi connectivity index (χ1v) is 4.53. The van der Waals surface area contributed by atoms with Gasteiger partial charge in [0.2, 0.25) is 0 Å². The number of methoxy groups -OCH3 is 1. The molecule has 1 aromatic heterocycles. The van der Waals surface area contributed by atoms with Crippen molar-refractivity contribution in [2.24, 2.45) is 0 Å². The second-order valence-corrected chi connectivity index (χ2v) is 2.85. The zero-order chi connectivity index (χ0) is 8.27. The van der Waals surface area contributed by atoms with E-state index in [4.69, 9.17) is 16.3 Å². The average Bonchev–Trinajstić information content (AvgIpc) is 2.04. The predicted octanol–water partition coefficient (Wildman–Crippen LogP) is 2.64. The van der Waals surface area contributed by atoms with Gasteiger partial charge in [-0.25, -0.2) is 4.98 Å². The molecule has 11 heavy (non-hydrogen) atoms. The SMILES string of the molecule is COc1ccc(CBr)nc1Cl. The molecule has 0 N–H and O–H groups in total. The van der Waals surface area contributed by atoms with Gasteiger partial charge in [-0.15, -0.1) is 0 Å². The molecule has 0 atom stereocenters. The minimum absolute atomic E-state index is 0.407. The summed E-state index contributed by atoms with van der Waals surface area (Å²) in [7, 11) is 1.57. The fourth-order valence-corrected chi connectivity index (χ4v) is 1.25. The molecule has 0 amide bonds. The third-order valence-electron chi connectivity index (χ3n) is 1.23. The van der Waals surface area contributed by atoms with Gasteiger partial charge in [0.15, 0.2) is 10.9 Å². The van der Waals surface area contributed by atoms with E-state index in [-0.39, 0.29) is 0 Å². The van der Waals surface area contributed by atoms with Gasteiger partial charge in [-0.2, -0.15) is 0 Å². The third-order valence-corrected chi connectivity index (χ3v) is 2.07. The second-order valence-electron chi connectivity index (χ2n) is 1.93. The normalized spacial score (nSPS) is 9.73. The minimum Gasteiger partial charge on any atom is -0.494 e. The van der Waals surface area contributed by atoms with E-state index >= 15 is 0 Å². The van der Waals surface area contributed by atoms with E-state index in [9.17, 15) is 0 Å². The largest absolute Gasteiger partial charge is 0.494 e. The molecule has 0 radical (unpaired) electrons. The fourth-order valence-electron chi connectivity index (χ4n) is 0.686. The molecule has 60 valence electrons. The summed E-state index contributed by atoms with van der Waals surface area (Å²) in [6.45, 7) is 0. The van der Waals surface area contributed by atoms with Gasteiger partial charge in [0.1, 0.15) is 0 Å². The molecule has 0 bridgehead atoms. The first-order chi connectivity index (χ1) is 5.27. The van der Waals surface area contributed by atoms with Crippen molar-refractivity contribution < 1.29 is 4.74 Å². The number of pyridine rings is 1. The summed E-state index contributed by atoms with van der Waals surface area (Å²) in [5.74, 6) is 0.608. The molecule has 0 saturated carbocycles. The van der Waals surface area contributed by atoms with Gasteiger partial charge in [-0.3, -0.25) is 0 Å². The van der Waals surface area contributed by atoms with Crippen LogP contribution in [0, 0.1) is 0 Å². The van der Waals surface area contributed by atoms with E-state index in [1.54, 1.807) is 13.2 Å². The minimum atomic E-state index is 0.407. The highest BCUT2D eigenvalue weighted by molar-refractivity contribution is 9.08. The van der Waals surface area contributed by atoms with Gasteiger partial charge in [0.05, 0.1) is 12.8 Å². The molecular weight excluding hydrogens is 229 g/mol. The van der Waals surface area contributed by atoms with E-state index in [2.05, 4.69) is 20.9 Å². The lowest BCUT2D eigenvalue weighted by atomic mass is 10.4. The van der Waals surface area contributed by atoms with E-state index in [1.807, 2.05) is 6.07 Å². The number of ether oxygens (including phenoxy) is 1. The smallest absolute Gasteiger partial charge is 0.171 e. The van der Waals surface area contributed by atoms with E-state index in [1.165, 1.54) is 0 Å². The van der Waals surface area contributed by atoms with Crippen LogP contribution in [0.3, 0.4) is 0 Å². The van der Waals surface area contributed by atoms with Gasteiger partial charge in [-0.05, 0) is 12.1 Å². The van der Waals surface area contributed by atoms with Crippen LogP contribution < -0.4 is 4.74 Å². The number of aromatic nitrogens is 1. The maximum Gasteiger partial charge on any atom is 0.171 e. The molecule has 0 saturated heterocycles. The Morgan fingerprint density at radius 2 is 2.36 bits per heavy atom. The van der Waals surface area contributed by atoms with Crippen molar-refractivity contribution >= 4 is 27.5 Å². The molecule has 0 spiro atoms. The van der Waals surface area contributed by atoms with Gasteiger partial charge >= 0.3 is 0 Å². The zero-order valence-electron chi connectivity index (χ0n) is 5.97. The highest BCUT2D eigenvalue weighted by Gasteiger charge is 2.01. The summed E-state index contributed by atoms with van der Waals surface area (Å²) in [5, 5.41) is 1.11. The van der Waals surface area contributed by atoms with Crippen LogP contribution in [0.1, 0.15) is 5.69 Å². The Kier molecular flexibility index (Phi) is 3.15. The summed E-state index contributed by atoms with van der Waals surface area (Å²) < 4.78 is 4.93. The highest BCUT2D eigenvalue weighted by Crippen LogP contribution is 2.21. The van der Waals surface area contributed by atoms with Crippen LogP contribution in [0.4, 0.5) is 0 Å². The quantitative estimate of drug-likeness (QED) is 0.582. The van der Waals surface area contributed by atoms with Gasteiger partial charge in [-0.1, -0.05) is 27.5 Å². The van der Waals surface area contributed by atoms with Crippen molar-refractivity contribution in [1.82, 2.24) is 4.98 Å². The summed E-state index contributed by atoms with van der Waals surface area (Å²) in [5.41, 5.74) is 0.899. The van der Waals surface area contributed by atoms with Crippen LogP contribution in [0.2, 0.25) is 5.15 Å². The molecule has 0 aliphatic carbocycles. The fraction of sp³-hybridized carbons (Fsp3) is 0.286. The van der Waals surface area contributed by atoms with Crippen LogP contribution in [-0.4, -0.2) is 12.1 Å². The lowest BCUT2D eigenvalue weighted by molar-refractivity contribution is 0.413. The van der Waals surface area contributed by atoms with E-state index < -0.39 is 0 Å². The summed E-state index contributed by atoms with van der Waals surface area (Å²) in [6, 6.07) is 3.66. The lowest BCUT2D eigenvalue weighted by Crippen LogP contribution is -1.89. The molecule has 1 rings (SSSR count). The highest BCUT2D eigenvalue weighted by atomic mass is 79.9. The third kappa shape index (κ3) is 2.07. The molecule has 0 fully saturated rings. The van der Waals surface area contributed by atoms with Gasteiger partial charge in [0.25, 0.3) is 0 Å². The Labute approximate surface area is 78.7 Å². The number of alkyl halides is 1. The second kappa shape index (κ2) is 3.93. The molecular formula is C7H7BrClNO. The zero-order valence-corrected chi connectivity index (χ0v) is 8.32. The molecule has 1 aromatic rings. The van der Waals surface area contributed by atoms with Crippen LogP contribution in [0.5, 0.6) is 5.75 Å². The van der Waals surface area contributed by atoms with Crippen molar-refractivity contribution in [3.8, 4) is 5.75 Å². The van der Waals surface area contributed by atoms with Crippen LogP contribution >= 0.6 is 27.5 Å². The van der Waals surface area contributed by atoms with Crippen LogP contribution in [-0.2, 0) is 5.33 Å². The van der Waals surface area contributed by atoms with Crippen molar-refractivity contribution in [1.29, 1.82) is 0 Å². The summed E-state index contributed by atoms with van der Waals surface area (Å²) >= 11 is 9.03. The Hall–Kier alpha value is -0.280. The number of hydrogen-bond donors (Lipinski definition) is 0. The Balaban J connectivity index is 2.99. The number of halogens is 2. The Bertz CT molecular complexity index is 254. The molecule has 0 aromatic carbocycles. The van der Waals surface area contributed by atoms with Crippen molar-refractivity contribution in [3.63, 3.8) is 0 Å². The maximum absolute atomic E-state index is 5.75. The molecule has 1 heterocycles. The topological polar surface area (TPSA) is 22.1 Å². The maximum atomic E-state index is 5.75. The predicted molar refractivity (Wildman–Crippen MR) is 48.4 cm³/mol. The molecule has 0 aliphatic rings. The number of hydrogen-bond acceptors (Lipinski definition) is 2. The molecule has 0 unspecified atom stereocenters. The summed E-state index contributed by atoms with van der Waals surface area (Å²) in [4.78, 5) is 4.06. The number of nitrogens with zero attached hydrogens (tertiary/aromatic N) is 1. The molecule has 4 heteroatoms. The monoisotopic (exact) mass is 235 g/mol. The van der Waals surface area contributed by atoms with Gasteiger partial charge < -0.3 is 4.74 Å². The van der Waals surface area contributed by atoms with Gasteiger partial charge in [0, 0.05) is 5.33 Å². The average molecular weight is 236 g/mol. The van der Waals surface area contributed by atoms with E-state index in [0.29, 0.717) is 16.2 Å². The van der Waals surface area contributed by atoms with Crippen LogP contribution in [0.25, 0.3) is 0 Å². The molecule has 2 nitrogen and oxygen atoms in total. The Morgan fingerprint density at radius 1 is 1.64 bits per heavy atom. The molecule has 0 aliphatic heterocycles. The van der Waals surface area contributed by atoms with Crippen LogP contribution in [0.15, 0.2) is 12.1 Å². The summed E-state index contributed by atoms with van der Waals surface area (Å²) in [6.07, 6.45) is 0. The first kappa shape index (κ1) is 8.81.